The molecule has 14 nitrogen and oxygen atoms in total. The molecule has 4 aliphatic rings. The number of imide groups is 2. The van der Waals surface area contributed by atoms with Gasteiger partial charge < -0.3 is 10.2 Å². The van der Waals surface area contributed by atoms with Gasteiger partial charge in [0, 0.05) is 26.2 Å². The quantitative estimate of drug-likeness (QED) is 0.225. The van der Waals surface area contributed by atoms with Crippen molar-refractivity contribution in [3.05, 3.63) is 70.8 Å². The lowest BCUT2D eigenvalue weighted by Gasteiger charge is -2.36. The van der Waals surface area contributed by atoms with Gasteiger partial charge >= 0.3 is 0 Å². The predicted molar refractivity (Wildman–Crippen MR) is 147 cm³/mol. The molecule has 4 unspecified atom stereocenters. The van der Waals surface area contributed by atoms with Gasteiger partial charge in [0.15, 0.2) is 0 Å². The third kappa shape index (κ3) is 5.36. The summed E-state index contributed by atoms with van der Waals surface area (Å²) in [5.74, 6) is -4.68. The Bertz CT molecular complexity index is 1360. The Morgan fingerprint density at radius 3 is 1.25 bits per heavy atom. The second kappa shape index (κ2) is 12.1. The Morgan fingerprint density at radius 2 is 0.932 bits per heavy atom. The summed E-state index contributed by atoms with van der Waals surface area (Å²) in [5, 5.41) is 23.2. The van der Waals surface area contributed by atoms with E-state index in [9.17, 15) is 39.0 Å². The Balaban J connectivity index is 1.02. The fourth-order valence-electron chi connectivity index (χ4n) is 6.16. The number of carbonyl (C=O) groups excluding carboxylic acids is 6. The van der Waals surface area contributed by atoms with E-state index in [2.05, 4.69) is 0 Å². The van der Waals surface area contributed by atoms with Crippen molar-refractivity contribution in [2.75, 3.05) is 26.2 Å². The third-order valence-corrected chi connectivity index (χ3v) is 8.29. The molecule has 0 bridgehead atoms. The van der Waals surface area contributed by atoms with Gasteiger partial charge in [0.1, 0.15) is 0 Å². The molecule has 0 aromatic heterocycles. The number of hydroxylamine groups is 4. The summed E-state index contributed by atoms with van der Waals surface area (Å²) in [5.41, 5.74) is 1.20. The van der Waals surface area contributed by atoms with Crippen LogP contribution in [0.5, 0.6) is 0 Å². The molecule has 4 atom stereocenters. The average molecular weight is 607 g/mol. The van der Waals surface area contributed by atoms with Crippen molar-refractivity contribution in [1.29, 1.82) is 0 Å². The smallest absolute Gasteiger partial charge is 0.261 e. The van der Waals surface area contributed by atoms with Crippen molar-refractivity contribution in [2.45, 2.75) is 50.3 Å². The number of carbonyl (C=O) groups is 6. The van der Waals surface area contributed by atoms with Gasteiger partial charge in [-0.3, -0.25) is 48.2 Å². The molecule has 2 aromatic carbocycles. The molecular formula is C30H30N4O10. The topological polar surface area (TPSA) is 174 Å². The van der Waals surface area contributed by atoms with Crippen LogP contribution in [0, 0.1) is 0 Å². The van der Waals surface area contributed by atoms with Crippen LogP contribution in [0.25, 0.3) is 0 Å². The predicted octanol–water partition coefficient (Wildman–Crippen LogP) is 0.146. The van der Waals surface area contributed by atoms with Crippen LogP contribution >= 0.6 is 0 Å². The molecule has 2 N–H and O–H groups in total. The van der Waals surface area contributed by atoms with Crippen LogP contribution in [0.1, 0.15) is 67.1 Å². The molecule has 230 valence electrons. The molecule has 0 saturated carbocycles. The molecule has 44 heavy (non-hydrogen) atoms. The fourth-order valence-corrected chi connectivity index (χ4v) is 6.16. The maximum absolute atomic E-state index is 12.9. The van der Waals surface area contributed by atoms with E-state index in [1.54, 1.807) is 48.5 Å². The number of hydrogen-bond acceptors (Lipinski definition) is 12. The fraction of sp³-hybridized carbons (Fsp3) is 0.400. The number of ketones is 2. The van der Waals surface area contributed by atoms with Gasteiger partial charge in [0.2, 0.25) is 12.6 Å². The van der Waals surface area contributed by atoms with Crippen LogP contribution in [0.3, 0.4) is 0 Å². The molecule has 14 heteroatoms. The maximum atomic E-state index is 12.9. The third-order valence-electron chi connectivity index (χ3n) is 8.29. The van der Waals surface area contributed by atoms with Gasteiger partial charge in [-0.05, 0) is 49.9 Å². The average Bonchev–Trinajstić information content (AvgIpc) is 3.44. The van der Waals surface area contributed by atoms with Crippen LogP contribution in [-0.4, -0.2) is 116 Å². The molecule has 0 radical (unpaired) electrons. The number of benzene rings is 2. The minimum atomic E-state index is -2.27. The highest BCUT2D eigenvalue weighted by molar-refractivity contribution is 6.39. The van der Waals surface area contributed by atoms with Crippen LogP contribution in [0.2, 0.25) is 0 Å². The van der Waals surface area contributed by atoms with Crippen molar-refractivity contribution in [1.82, 2.24) is 19.9 Å². The Kier molecular flexibility index (Phi) is 8.20. The van der Waals surface area contributed by atoms with Crippen molar-refractivity contribution < 1.29 is 48.7 Å². The second-order valence-electron chi connectivity index (χ2n) is 11.1. The number of nitrogens with zero attached hydrogens (tertiary/aromatic N) is 4. The molecule has 2 saturated heterocycles. The van der Waals surface area contributed by atoms with E-state index in [0.29, 0.717) is 47.9 Å². The number of fused-ring (bicyclic) bond motifs is 2. The molecule has 4 aliphatic heterocycles. The first kappa shape index (κ1) is 29.9. The van der Waals surface area contributed by atoms with Gasteiger partial charge in [-0.2, -0.15) is 10.1 Å². The molecule has 4 heterocycles. The lowest BCUT2D eigenvalue weighted by atomic mass is 10.1. The van der Waals surface area contributed by atoms with E-state index in [-0.39, 0.29) is 26.2 Å². The number of piperidine rings is 2. The SMILES string of the molecule is O=C(C(=O)C(O)ON1CCCC(N2C(=O)c3ccccc3C2=O)C1)C(O)ON1CCCC(N2C(=O)c3ccccc3C2=O)C1. The maximum Gasteiger partial charge on any atom is 0.261 e. The van der Waals surface area contributed by atoms with Gasteiger partial charge in [0.05, 0.1) is 34.3 Å². The van der Waals surface area contributed by atoms with E-state index in [1.807, 2.05) is 0 Å². The molecule has 6 rings (SSSR count). The first-order valence-electron chi connectivity index (χ1n) is 14.4. The van der Waals surface area contributed by atoms with Gasteiger partial charge in [-0.1, -0.05) is 24.3 Å². The zero-order valence-corrected chi connectivity index (χ0v) is 23.5. The van der Waals surface area contributed by atoms with E-state index in [4.69, 9.17) is 9.68 Å². The lowest BCUT2D eigenvalue weighted by Crippen LogP contribution is -2.53. The van der Waals surface area contributed by atoms with E-state index in [0.717, 1.165) is 9.80 Å². The number of rotatable bonds is 9. The zero-order valence-electron chi connectivity index (χ0n) is 23.5. The number of Topliss-reactive ketones (excluding diaryl/α,β-unsaturated/α-hetero) is 2. The van der Waals surface area contributed by atoms with E-state index < -0.39 is 59.9 Å². The number of amides is 4. The number of hydrogen-bond donors (Lipinski definition) is 2. The summed E-state index contributed by atoms with van der Waals surface area (Å²) < 4.78 is 0. The normalized spacial score (nSPS) is 24.0. The van der Waals surface area contributed by atoms with Gasteiger partial charge in [0.25, 0.3) is 35.2 Å². The van der Waals surface area contributed by atoms with Crippen molar-refractivity contribution in [3.63, 3.8) is 0 Å². The summed E-state index contributed by atoms with van der Waals surface area (Å²) in [6.45, 7) is 0.501. The van der Waals surface area contributed by atoms with Crippen molar-refractivity contribution >= 4 is 35.2 Å². The minimum Gasteiger partial charge on any atom is -0.360 e. The van der Waals surface area contributed by atoms with Crippen LogP contribution < -0.4 is 0 Å². The largest absolute Gasteiger partial charge is 0.360 e. The highest BCUT2D eigenvalue weighted by atomic mass is 16.8. The minimum absolute atomic E-state index is 0.00394. The summed E-state index contributed by atoms with van der Waals surface area (Å²) in [7, 11) is 0. The molecule has 0 spiro atoms. The highest BCUT2D eigenvalue weighted by Gasteiger charge is 2.44. The standard InChI is InChI=1S/C30H30N4O10/c35-23(29(41)43-31-13-5-7-17(15-31)33-25(37)19-9-1-2-10-20(19)26(33)38)24(36)30(42)44-32-14-6-8-18(16-32)34-27(39)21-11-3-4-12-22(21)28(34)40/h1-4,9-12,17-18,29-30,41-42H,5-8,13-16H2. The van der Waals surface area contributed by atoms with Crippen LogP contribution in [-0.2, 0) is 19.3 Å². The summed E-state index contributed by atoms with van der Waals surface area (Å²) in [4.78, 5) is 89.6. The second-order valence-corrected chi connectivity index (χ2v) is 11.1. The monoisotopic (exact) mass is 606 g/mol. The molecule has 0 aliphatic carbocycles. The number of aliphatic hydroxyl groups excluding tert-OH is 2. The lowest BCUT2D eigenvalue weighted by molar-refractivity contribution is -0.273. The molecule has 2 aromatic rings. The van der Waals surface area contributed by atoms with Crippen LogP contribution in [0.15, 0.2) is 48.5 Å². The zero-order chi connectivity index (χ0) is 31.1. The first-order valence-corrected chi connectivity index (χ1v) is 14.4. The Hall–Kier alpha value is -4.18. The molecule has 4 amide bonds. The highest BCUT2D eigenvalue weighted by Crippen LogP contribution is 2.30. The van der Waals surface area contributed by atoms with E-state index in [1.165, 1.54) is 10.1 Å². The molecular weight excluding hydrogens is 576 g/mol. The first-order chi connectivity index (χ1) is 21.2. The number of aliphatic hydroxyl groups is 2. The summed E-state index contributed by atoms with van der Waals surface area (Å²) in [6.07, 6.45) is -2.62. The van der Waals surface area contributed by atoms with Gasteiger partial charge in [-0.15, -0.1) is 0 Å². The van der Waals surface area contributed by atoms with Crippen LogP contribution in [0.4, 0.5) is 0 Å². The Labute approximate surface area is 251 Å². The van der Waals surface area contributed by atoms with Crippen molar-refractivity contribution in [3.8, 4) is 0 Å². The Morgan fingerprint density at radius 1 is 0.614 bits per heavy atom. The van der Waals surface area contributed by atoms with E-state index >= 15 is 0 Å². The van der Waals surface area contributed by atoms with Gasteiger partial charge in [-0.25, -0.2) is 0 Å². The summed E-state index contributed by atoms with van der Waals surface area (Å²) in [6, 6.07) is 11.8. The molecule has 2 fully saturated rings. The van der Waals surface area contributed by atoms with Crippen molar-refractivity contribution in [2.24, 2.45) is 0 Å². The summed E-state index contributed by atoms with van der Waals surface area (Å²) >= 11 is 0.